The molecule has 3 N–H and O–H groups in total. The van der Waals surface area contributed by atoms with E-state index in [2.05, 4.69) is 31.2 Å². The van der Waals surface area contributed by atoms with E-state index in [0.717, 1.165) is 12.8 Å². The summed E-state index contributed by atoms with van der Waals surface area (Å²) >= 11 is 0. The van der Waals surface area contributed by atoms with Gasteiger partial charge in [0.25, 0.3) is 0 Å². The van der Waals surface area contributed by atoms with Gasteiger partial charge in [0.1, 0.15) is 6.54 Å². The predicted octanol–water partition coefficient (Wildman–Crippen LogP) is 8.10. The SMILES string of the molecule is CCCCC/C=C\CCCCCCCCCCCC/C=C\CCCC(O)(C[N+](C)(C)C)P(=O)(O)O. The van der Waals surface area contributed by atoms with Crippen molar-refractivity contribution in [2.45, 2.75) is 134 Å². The highest BCUT2D eigenvalue weighted by Gasteiger charge is 2.48. The Bertz CT molecular complexity index is 594. The van der Waals surface area contributed by atoms with Crippen molar-refractivity contribution in [2.24, 2.45) is 0 Å². The van der Waals surface area contributed by atoms with Gasteiger partial charge in [0, 0.05) is 0 Å². The molecule has 0 aromatic carbocycles. The van der Waals surface area contributed by atoms with Crippen molar-refractivity contribution >= 4 is 7.60 Å². The number of hydrogen-bond acceptors (Lipinski definition) is 2. The minimum absolute atomic E-state index is 0.0395. The van der Waals surface area contributed by atoms with Crippen LogP contribution in [0.4, 0.5) is 0 Å². The number of hydrogen-bond donors (Lipinski definition) is 3. The Kier molecular flexibility index (Phi) is 20.3. The van der Waals surface area contributed by atoms with Crippen LogP contribution in [0.3, 0.4) is 0 Å². The van der Waals surface area contributed by atoms with Crippen LogP contribution in [0.1, 0.15) is 129 Å². The Balaban J connectivity index is 3.57. The van der Waals surface area contributed by atoms with Gasteiger partial charge in [0.15, 0.2) is 0 Å². The van der Waals surface area contributed by atoms with Gasteiger partial charge in [-0.25, -0.2) is 0 Å². The molecule has 0 aromatic heterocycles. The third-order valence-electron chi connectivity index (χ3n) is 6.52. The Morgan fingerprint density at radius 1 is 0.629 bits per heavy atom. The Labute approximate surface area is 217 Å². The standard InChI is InChI=1S/C29H58NO4P/c1-5-6-7-8-9-10-11-12-13-14-15-16-17-18-19-20-21-22-23-24-25-26-27-29(31,35(32,33)34)28-30(2,3)4/h9-10,23-24,31H,5-8,11-22,25-28H2,1-4H3,(H-,32,33,34)/p+1/b10-9-,24-23-. The van der Waals surface area contributed by atoms with Crippen molar-refractivity contribution < 1.29 is 23.9 Å². The van der Waals surface area contributed by atoms with Gasteiger partial charge < -0.3 is 19.4 Å². The number of aliphatic hydroxyl groups is 1. The van der Waals surface area contributed by atoms with Crippen LogP contribution in [0.25, 0.3) is 0 Å². The van der Waals surface area contributed by atoms with E-state index in [1.807, 2.05) is 21.1 Å². The van der Waals surface area contributed by atoms with E-state index in [1.54, 1.807) is 0 Å². The molecule has 0 aliphatic heterocycles. The van der Waals surface area contributed by atoms with Crippen LogP contribution in [-0.2, 0) is 4.57 Å². The van der Waals surface area contributed by atoms with Gasteiger partial charge in [-0.05, 0) is 57.8 Å². The third-order valence-corrected chi connectivity index (χ3v) is 7.97. The molecule has 0 saturated heterocycles. The van der Waals surface area contributed by atoms with Crippen LogP contribution in [0.5, 0.6) is 0 Å². The van der Waals surface area contributed by atoms with Crippen molar-refractivity contribution in [2.75, 3.05) is 27.7 Å². The lowest BCUT2D eigenvalue weighted by molar-refractivity contribution is -0.875. The lowest BCUT2D eigenvalue weighted by Crippen LogP contribution is -2.49. The summed E-state index contributed by atoms with van der Waals surface area (Å²) < 4.78 is 12.1. The maximum atomic E-state index is 11.8. The number of nitrogens with zero attached hydrogens (tertiary/aromatic N) is 1. The lowest BCUT2D eigenvalue weighted by atomic mass is 10.0. The first-order valence-corrected chi connectivity index (χ1v) is 16.0. The van der Waals surface area contributed by atoms with E-state index < -0.39 is 12.9 Å². The van der Waals surface area contributed by atoms with Crippen molar-refractivity contribution in [3.05, 3.63) is 24.3 Å². The number of allylic oxidation sites excluding steroid dienone is 4. The molecule has 0 aliphatic rings. The van der Waals surface area contributed by atoms with Crippen molar-refractivity contribution in [3.8, 4) is 0 Å². The second-order valence-electron chi connectivity index (χ2n) is 11.4. The highest BCUT2D eigenvalue weighted by atomic mass is 31.2. The van der Waals surface area contributed by atoms with E-state index in [0.29, 0.717) is 10.9 Å². The van der Waals surface area contributed by atoms with Gasteiger partial charge >= 0.3 is 7.60 Å². The highest BCUT2D eigenvalue weighted by molar-refractivity contribution is 7.53. The molecule has 0 saturated carbocycles. The highest BCUT2D eigenvalue weighted by Crippen LogP contribution is 2.52. The van der Waals surface area contributed by atoms with Gasteiger partial charge in [-0.3, -0.25) is 4.57 Å². The van der Waals surface area contributed by atoms with Gasteiger partial charge in [0.05, 0.1) is 21.1 Å². The molecule has 0 aliphatic carbocycles. The summed E-state index contributed by atoms with van der Waals surface area (Å²) in [4.78, 5) is 19.2. The molecule has 1 atom stereocenters. The smallest absolute Gasteiger partial charge is 0.362 e. The molecule has 0 aromatic rings. The van der Waals surface area contributed by atoms with Gasteiger partial charge in [0.2, 0.25) is 5.34 Å². The molecule has 0 rings (SSSR count). The number of unbranched alkanes of at least 4 members (excludes halogenated alkanes) is 15. The molecule has 0 spiro atoms. The fourth-order valence-electron chi connectivity index (χ4n) is 4.50. The monoisotopic (exact) mass is 516 g/mol. The van der Waals surface area contributed by atoms with Crippen LogP contribution in [0.15, 0.2) is 24.3 Å². The van der Waals surface area contributed by atoms with E-state index in [1.165, 1.54) is 96.3 Å². The molecular formula is C29H59NO4P+. The second-order valence-corrected chi connectivity index (χ2v) is 13.3. The predicted molar refractivity (Wildman–Crippen MR) is 152 cm³/mol. The molecule has 35 heavy (non-hydrogen) atoms. The molecule has 0 radical (unpaired) electrons. The Morgan fingerprint density at radius 2 is 0.971 bits per heavy atom. The average molecular weight is 517 g/mol. The maximum Gasteiger partial charge on any atom is 0.362 e. The molecule has 6 heteroatoms. The van der Waals surface area contributed by atoms with Crippen LogP contribution in [0, 0.1) is 0 Å². The topological polar surface area (TPSA) is 77.8 Å². The van der Waals surface area contributed by atoms with E-state index in [4.69, 9.17) is 0 Å². The first-order chi connectivity index (χ1) is 16.5. The number of quaternary nitrogens is 1. The largest absolute Gasteiger partial charge is 0.373 e. The average Bonchev–Trinajstić information content (AvgIpc) is 2.75. The maximum absolute atomic E-state index is 11.8. The Hall–Kier alpha value is -0.450. The fraction of sp³-hybridized carbons (Fsp3) is 0.862. The number of rotatable bonds is 24. The molecule has 0 fully saturated rings. The molecular weight excluding hydrogens is 457 g/mol. The van der Waals surface area contributed by atoms with Crippen LogP contribution in [0.2, 0.25) is 0 Å². The zero-order valence-electron chi connectivity index (χ0n) is 23.6. The van der Waals surface area contributed by atoms with Crippen LogP contribution in [-0.4, -0.2) is 52.4 Å². The van der Waals surface area contributed by atoms with Crippen molar-refractivity contribution in [1.82, 2.24) is 0 Å². The third kappa shape index (κ3) is 21.4. The minimum atomic E-state index is -4.57. The summed E-state index contributed by atoms with van der Waals surface area (Å²) in [5, 5.41) is 8.60. The van der Waals surface area contributed by atoms with Gasteiger partial charge in [-0.2, -0.15) is 0 Å². The molecule has 1 unspecified atom stereocenters. The van der Waals surface area contributed by atoms with Crippen LogP contribution < -0.4 is 0 Å². The summed E-state index contributed by atoms with van der Waals surface area (Å²) in [5.41, 5.74) is 0. The van der Waals surface area contributed by atoms with Gasteiger partial charge in [-0.1, -0.05) is 95.4 Å². The minimum Gasteiger partial charge on any atom is -0.373 e. The first-order valence-electron chi connectivity index (χ1n) is 14.4. The summed E-state index contributed by atoms with van der Waals surface area (Å²) in [5.74, 6) is 0. The molecule has 0 amide bonds. The number of likely N-dealkylation sites (N-methyl/N-ethyl adjacent to an activating group) is 1. The fourth-order valence-corrected chi connectivity index (χ4v) is 5.56. The normalized spacial score (nSPS) is 14.8. The lowest BCUT2D eigenvalue weighted by Gasteiger charge is -2.35. The quantitative estimate of drug-likeness (QED) is 0.0524. The van der Waals surface area contributed by atoms with Crippen molar-refractivity contribution in [1.29, 1.82) is 0 Å². The second kappa shape index (κ2) is 20.6. The molecule has 0 heterocycles. The zero-order chi connectivity index (χ0) is 26.5. The summed E-state index contributed by atoms with van der Waals surface area (Å²) in [6, 6.07) is 0. The van der Waals surface area contributed by atoms with E-state index in [9.17, 15) is 19.5 Å². The summed E-state index contributed by atoms with van der Waals surface area (Å²) in [6.07, 6.45) is 31.4. The van der Waals surface area contributed by atoms with Crippen molar-refractivity contribution in [3.63, 3.8) is 0 Å². The van der Waals surface area contributed by atoms with Crippen LogP contribution >= 0.6 is 7.60 Å². The van der Waals surface area contributed by atoms with E-state index >= 15 is 0 Å². The molecule has 0 bridgehead atoms. The first kappa shape index (κ1) is 34.6. The molecule has 208 valence electrons. The summed E-state index contributed by atoms with van der Waals surface area (Å²) in [7, 11) is 0.924. The zero-order valence-corrected chi connectivity index (χ0v) is 24.5. The molecule has 5 nitrogen and oxygen atoms in total. The summed E-state index contributed by atoms with van der Waals surface area (Å²) in [6.45, 7) is 2.30. The Morgan fingerprint density at radius 3 is 1.31 bits per heavy atom. The van der Waals surface area contributed by atoms with Gasteiger partial charge in [-0.15, -0.1) is 0 Å². The van der Waals surface area contributed by atoms with E-state index in [-0.39, 0.29) is 13.0 Å².